The molecule has 1 aliphatic heterocycles. The van der Waals surface area contributed by atoms with Crippen molar-refractivity contribution in [1.82, 2.24) is 15.0 Å². The molecule has 0 spiro atoms. The first-order chi connectivity index (χ1) is 12.7. The summed E-state index contributed by atoms with van der Waals surface area (Å²) in [6.45, 7) is 5.97. The molecule has 2 aromatic heterocycles. The summed E-state index contributed by atoms with van der Waals surface area (Å²) in [4.78, 5) is 14.9. The molecule has 1 fully saturated rings. The Balaban J connectivity index is 1.81. The van der Waals surface area contributed by atoms with Gasteiger partial charge in [0.2, 0.25) is 0 Å². The van der Waals surface area contributed by atoms with Crippen LogP contribution in [0.1, 0.15) is 37.9 Å². The lowest BCUT2D eigenvalue weighted by Crippen LogP contribution is -2.47. The molecule has 1 aliphatic rings. The van der Waals surface area contributed by atoms with Crippen LogP contribution >= 0.6 is 11.6 Å². The number of halogens is 1. The van der Waals surface area contributed by atoms with Gasteiger partial charge < -0.3 is 22.1 Å². The molecule has 0 aliphatic carbocycles. The van der Waals surface area contributed by atoms with Crippen LogP contribution < -0.4 is 22.1 Å². The Morgan fingerprint density at radius 2 is 1.93 bits per heavy atom. The molecule has 1 saturated heterocycles. The Kier molecular flexibility index (Phi) is 5.21. The Morgan fingerprint density at radius 1 is 1.26 bits per heavy atom. The fourth-order valence-corrected chi connectivity index (χ4v) is 3.43. The third-order valence-electron chi connectivity index (χ3n) is 5.54. The van der Waals surface area contributed by atoms with Gasteiger partial charge in [0.1, 0.15) is 17.3 Å². The third-order valence-corrected chi connectivity index (χ3v) is 5.94. The highest BCUT2D eigenvalue weighted by molar-refractivity contribution is 6.37. The highest BCUT2D eigenvalue weighted by Crippen LogP contribution is 2.35. The zero-order valence-corrected chi connectivity index (χ0v) is 16.3. The molecule has 3 heterocycles. The van der Waals surface area contributed by atoms with E-state index in [1.54, 1.807) is 12.3 Å². The quantitative estimate of drug-likeness (QED) is 0.586. The smallest absolute Gasteiger partial charge is 0.154 e. The Bertz CT molecular complexity index is 858. The zero-order chi connectivity index (χ0) is 19.8. The lowest BCUT2D eigenvalue weighted by Gasteiger charge is -2.42. The number of anilines is 3. The minimum Gasteiger partial charge on any atom is -0.382 e. The van der Waals surface area contributed by atoms with E-state index in [1.807, 2.05) is 0 Å². The van der Waals surface area contributed by atoms with Crippen molar-refractivity contribution in [1.29, 1.82) is 5.41 Å². The number of rotatable bonds is 4. The molecule has 1 atom stereocenters. The van der Waals surface area contributed by atoms with Gasteiger partial charge in [0.25, 0.3) is 0 Å². The van der Waals surface area contributed by atoms with E-state index >= 15 is 0 Å². The number of nitrogens with one attached hydrogen (secondary N) is 1. The van der Waals surface area contributed by atoms with Crippen molar-refractivity contribution in [2.45, 2.75) is 32.7 Å². The number of pyridine rings is 1. The zero-order valence-electron chi connectivity index (χ0n) is 15.5. The average molecular weight is 389 g/mol. The molecule has 8 nitrogen and oxygen atoms in total. The van der Waals surface area contributed by atoms with Crippen molar-refractivity contribution in [3.05, 3.63) is 34.7 Å². The average Bonchev–Trinajstić information content (AvgIpc) is 2.64. The van der Waals surface area contributed by atoms with Gasteiger partial charge in [-0.25, -0.2) is 15.0 Å². The van der Waals surface area contributed by atoms with Crippen LogP contribution in [-0.2, 0) is 0 Å². The fourth-order valence-electron chi connectivity index (χ4n) is 3.22. The van der Waals surface area contributed by atoms with Crippen molar-refractivity contribution < 1.29 is 0 Å². The molecular weight excluding hydrogens is 364 g/mol. The van der Waals surface area contributed by atoms with Crippen molar-refractivity contribution >= 4 is 34.8 Å². The van der Waals surface area contributed by atoms with E-state index in [4.69, 9.17) is 34.2 Å². The molecule has 0 aromatic carbocycles. The second-order valence-corrected chi connectivity index (χ2v) is 7.70. The van der Waals surface area contributed by atoms with Crippen LogP contribution in [0.25, 0.3) is 0 Å². The van der Waals surface area contributed by atoms with Crippen LogP contribution in [0.4, 0.5) is 17.5 Å². The number of nitrogens with zero attached hydrogens (tertiary/aromatic N) is 4. The first-order valence-electron chi connectivity index (χ1n) is 8.85. The Labute approximate surface area is 163 Å². The van der Waals surface area contributed by atoms with E-state index in [9.17, 15) is 0 Å². The van der Waals surface area contributed by atoms with Crippen LogP contribution in [-0.4, -0.2) is 39.8 Å². The molecular formula is C18H25ClN8. The summed E-state index contributed by atoms with van der Waals surface area (Å²) in [5, 5.41) is 8.59. The molecule has 27 heavy (non-hydrogen) atoms. The first kappa shape index (κ1) is 19.3. The summed E-state index contributed by atoms with van der Waals surface area (Å²) < 4.78 is 0. The molecule has 2 aromatic rings. The van der Waals surface area contributed by atoms with E-state index in [0.717, 1.165) is 25.9 Å². The third kappa shape index (κ3) is 3.68. The molecule has 9 heteroatoms. The van der Waals surface area contributed by atoms with E-state index in [1.165, 1.54) is 6.20 Å². The SMILES string of the molecule is CC(N)C1(C)CCN(c2cnc(C(=N)c3ccnc(N)c3Cl)c(N)n2)CC1. The van der Waals surface area contributed by atoms with Crippen LogP contribution in [0.2, 0.25) is 5.02 Å². The van der Waals surface area contributed by atoms with E-state index in [-0.39, 0.29) is 39.5 Å². The van der Waals surface area contributed by atoms with Crippen molar-refractivity contribution in [2.24, 2.45) is 11.1 Å². The second-order valence-electron chi connectivity index (χ2n) is 7.32. The van der Waals surface area contributed by atoms with Gasteiger partial charge in [-0.2, -0.15) is 0 Å². The van der Waals surface area contributed by atoms with Crippen molar-refractivity contribution in [3.63, 3.8) is 0 Å². The van der Waals surface area contributed by atoms with Gasteiger partial charge in [0.05, 0.1) is 16.9 Å². The highest BCUT2D eigenvalue weighted by atomic mass is 35.5. The van der Waals surface area contributed by atoms with Gasteiger partial charge in [-0.3, -0.25) is 5.41 Å². The number of hydrogen-bond donors (Lipinski definition) is 4. The second kappa shape index (κ2) is 7.28. The van der Waals surface area contributed by atoms with Gasteiger partial charge in [-0.05, 0) is 31.2 Å². The standard InChI is InChI=1S/C18H25ClN8/c1-10(20)18(2)4-7-27(8-5-18)12-9-25-15(17(23)26-12)14(21)11-3-6-24-16(22)13(11)19/h3,6,9-10,21H,4-5,7-8,20H2,1-2H3,(H2,22,24)(H2,23,26). The highest BCUT2D eigenvalue weighted by Gasteiger charge is 2.33. The number of piperidine rings is 1. The largest absolute Gasteiger partial charge is 0.382 e. The van der Waals surface area contributed by atoms with Crippen LogP contribution in [0.3, 0.4) is 0 Å². The maximum absolute atomic E-state index is 8.39. The number of aromatic nitrogens is 3. The maximum Gasteiger partial charge on any atom is 0.154 e. The summed E-state index contributed by atoms with van der Waals surface area (Å²) in [7, 11) is 0. The number of nitrogen functional groups attached to an aromatic ring is 2. The van der Waals surface area contributed by atoms with E-state index < -0.39 is 0 Å². The molecule has 3 rings (SSSR count). The molecule has 144 valence electrons. The topological polar surface area (TPSA) is 144 Å². The molecule has 0 bridgehead atoms. The van der Waals surface area contributed by atoms with Crippen molar-refractivity contribution in [2.75, 3.05) is 29.5 Å². The maximum atomic E-state index is 8.39. The summed E-state index contributed by atoms with van der Waals surface area (Å²) in [5.74, 6) is 1.05. The summed E-state index contributed by atoms with van der Waals surface area (Å²) in [6, 6.07) is 1.76. The number of hydrogen-bond acceptors (Lipinski definition) is 8. The Hall–Kier alpha value is -2.45. The van der Waals surface area contributed by atoms with Crippen molar-refractivity contribution in [3.8, 4) is 0 Å². The van der Waals surface area contributed by atoms with Crippen LogP contribution in [0, 0.1) is 10.8 Å². The van der Waals surface area contributed by atoms with E-state index in [0.29, 0.717) is 11.4 Å². The minimum absolute atomic E-state index is 0.0637. The minimum atomic E-state index is 0.0637. The van der Waals surface area contributed by atoms with E-state index in [2.05, 4.69) is 33.7 Å². The van der Waals surface area contributed by atoms with Gasteiger partial charge in [-0.1, -0.05) is 18.5 Å². The Morgan fingerprint density at radius 3 is 2.52 bits per heavy atom. The number of nitrogens with two attached hydrogens (primary N) is 3. The molecule has 7 N–H and O–H groups in total. The lowest BCUT2D eigenvalue weighted by atomic mass is 9.75. The molecule has 0 amide bonds. The van der Waals surface area contributed by atoms with Gasteiger partial charge in [0.15, 0.2) is 5.82 Å². The van der Waals surface area contributed by atoms with Gasteiger partial charge in [-0.15, -0.1) is 0 Å². The predicted octanol–water partition coefficient (Wildman–Crippen LogP) is 2.06. The van der Waals surface area contributed by atoms with Crippen LogP contribution in [0.15, 0.2) is 18.5 Å². The predicted molar refractivity (Wildman–Crippen MR) is 109 cm³/mol. The molecule has 0 radical (unpaired) electrons. The molecule has 0 saturated carbocycles. The normalized spacial score (nSPS) is 17.6. The van der Waals surface area contributed by atoms with Gasteiger partial charge >= 0.3 is 0 Å². The molecule has 1 unspecified atom stereocenters. The summed E-state index contributed by atoms with van der Waals surface area (Å²) in [6.07, 6.45) is 5.10. The fraction of sp³-hybridized carbons (Fsp3) is 0.444. The first-order valence-corrected chi connectivity index (χ1v) is 9.23. The van der Waals surface area contributed by atoms with Crippen LogP contribution in [0.5, 0.6) is 0 Å². The monoisotopic (exact) mass is 388 g/mol. The summed E-state index contributed by atoms with van der Waals surface area (Å²) >= 11 is 6.16. The van der Waals surface area contributed by atoms with Gasteiger partial charge in [0, 0.05) is 30.9 Å². The lowest BCUT2D eigenvalue weighted by molar-refractivity contribution is 0.205. The summed E-state index contributed by atoms with van der Waals surface area (Å²) in [5.41, 5.74) is 18.8.